The van der Waals surface area contributed by atoms with Gasteiger partial charge in [-0.1, -0.05) is 42.5 Å². The fraction of sp³-hybridized carbons (Fsp3) is 0.143. The fourth-order valence-electron chi connectivity index (χ4n) is 2.61. The maximum Gasteiger partial charge on any atom is 0.340 e. The molecule has 7 heteroatoms. The maximum absolute atomic E-state index is 13.0. The third kappa shape index (κ3) is 5.15. The predicted octanol–water partition coefficient (Wildman–Crippen LogP) is 4.87. The third-order valence-corrected chi connectivity index (χ3v) is 5.38. The Hall–Kier alpha value is -2.77. The predicted molar refractivity (Wildman–Crippen MR) is 115 cm³/mol. The number of nitrogens with one attached hydrogen (secondary N) is 2. The number of thiophene rings is 1. The highest BCUT2D eigenvalue weighted by Gasteiger charge is 2.18. The summed E-state index contributed by atoms with van der Waals surface area (Å²) in [6, 6.07) is 18.0. The molecule has 0 radical (unpaired) electrons. The largest absolute Gasteiger partial charge is 0.465 e. The zero-order valence-electron chi connectivity index (χ0n) is 15.2. The number of carbonyl (C=O) groups is 1. The van der Waals surface area contributed by atoms with Crippen LogP contribution in [0.5, 0.6) is 0 Å². The van der Waals surface area contributed by atoms with Crippen LogP contribution in [-0.2, 0) is 11.2 Å². The molecule has 1 aromatic heterocycles. The number of carbonyl (C=O) groups excluding carboxylic acids is 1. The number of benzene rings is 2. The van der Waals surface area contributed by atoms with E-state index < -0.39 is 5.97 Å². The summed E-state index contributed by atoms with van der Waals surface area (Å²) in [6.07, 6.45) is 0.700. The summed E-state index contributed by atoms with van der Waals surface area (Å²) in [6.45, 7) is 0.585. The standard InChI is InChI=1S/C21H19FN2O2S2/c1-26-20(25)17-13-18(15-5-3-2-4-6-15)28-19(17)24-21(27)23-12-11-14-7-9-16(22)10-8-14/h2-10,13H,11-12H2,1H3,(H2,23,24,27). The number of hydrogen-bond acceptors (Lipinski definition) is 4. The number of hydrogen-bond donors (Lipinski definition) is 2. The molecule has 2 N–H and O–H groups in total. The Kier molecular flexibility index (Phi) is 6.73. The Morgan fingerprint density at radius 1 is 1.14 bits per heavy atom. The summed E-state index contributed by atoms with van der Waals surface area (Å²) in [5.41, 5.74) is 2.46. The van der Waals surface area contributed by atoms with Crippen molar-refractivity contribution in [3.8, 4) is 10.4 Å². The molecule has 0 aliphatic carbocycles. The lowest BCUT2D eigenvalue weighted by Crippen LogP contribution is -2.30. The molecule has 3 aromatic rings. The van der Waals surface area contributed by atoms with E-state index in [0.717, 1.165) is 16.0 Å². The van der Waals surface area contributed by atoms with Gasteiger partial charge in [-0.2, -0.15) is 0 Å². The third-order valence-electron chi connectivity index (χ3n) is 4.04. The van der Waals surface area contributed by atoms with Crippen molar-refractivity contribution >= 4 is 39.6 Å². The Labute approximate surface area is 172 Å². The summed E-state index contributed by atoms with van der Waals surface area (Å²) >= 11 is 6.79. The Morgan fingerprint density at radius 2 is 1.86 bits per heavy atom. The minimum atomic E-state index is -0.421. The first-order valence-corrected chi connectivity index (χ1v) is 9.86. The van der Waals surface area contributed by atoms with Crippen molar-refractivity contribution in [2.24, 2.45) is 0 Å². The van der Waals surface area contributed by atoms with Gasteiger partial charge in [0.1, 0.15) is 10.8 Å². The fourth-order valence-corrected chi connectivity index (χ4v) is 3.93. The second-order valence-corrected chi connectivity index (χ2v) is 7.43. The SMILES string of the molecule is COC(=O)c1cc(-c2ccccc2)sc1NC(=S)NCCc1ccc(F)cc1. The second-order valence-electron chi connectivity index (χ2n) is 5.97. The van der Waals surface area contributed by atoms with Gasteiger partial charge in [0, 0.05) is 11.4 Å². The number of methoxy groups -OCH3 is 1. The summed E-state index contributed by atoms with van der Waals surface area (Å²) in [5.74, 6) is -0.675. The lowest BCUT2D eigenvalue weighted by atomic mass is 10.1. The Morgan fingerprint density at radius 3 is 2.54 bits per heavy atom. The zero-order valence-corrected chi connectivity index (χ0v) is 16.8. The highest BCUT2D eigenvalue weighted by Crippen LogP contribution is 2.35. The number of rotatable bonds is 6. The minimum absolute atomic E-state index is 0.254. The average Bonchev–Trinajstić information content (AvgIpc) is 3.13. The first-order chi connectivity index (χ1) is 13.6. The monoisotopic (exact) mass is 414 g/mol. The van der Waals surface area contributed by atoms with Gasteiger partial charge in [-0.05, 0) is 48.0 Å². The summed E-state index contributed by atoms with van der Waals surface area (Å²) in [4.78, 5) is 13.1. The van der Waals surface area contributed by atoms with Crippen molar-refractivity contribution in [2.45, 2.75) is 6.42 Å². The maximum atomic E-state index is 13.0. The van der Waals surface area contributed by atoms with Crippen LogP contribution in [0.3, 0.4) is 0 Å². The number of thiocarbonyl (C=S) groups is 1. The minimum Gasteiger partial charge on any atom is -0.465 e. The van der Waals surface area contributed by atoms with Crippen molar-refractivity contribution in [1.29, 1.82) is 0 Å². The number of ether oxygens (including phenoxy) is 1. The molecular weight excluding hydrogens is 395 g/mol. The first kappa shape index (κ1) is 20.0. The van der Waals surface area contributed by atoms with E-state index in [1.807, 2.05) is 30.3 Å². The number of halogens is 1. The lowest BCUT2D eigenvalue weighted by molar-refractivity contribution is 0.0602. The van der Waals surface area contributed by atoms with E-state index in [9.17, 15) is 9.18 Å². The zero-order chi connectivity index (χ0) is 19.9. The molecule has 3 rings (SSSR count). The van der Waals surface area contributed by atoms with Crippen LogP contribution >= 0.6 is 23.6 Å². The molecule has 0 aliphatic rings. The van der Waals surface area contributed by atoms with Crippen LogP contribution in [0.2, 0.25) is 0 Å². The van der Waals surface area contributed by atoms with Gasteiger partial charge in [-0.25, -0.2) is 9.18 Å². The normalized spacial score (nSPS) is 10.4. The van der Waals surface area contributed by atoms with Crippen LogP contribution < -0.4 is 10.6 Å². The highest BCUT2D eigenvalue weighted by molar-refractivity contribution is 7.80. The molecule has 0 saturated heterocycles. The molecule has 0 amide bonds. The smallest absolute Gasteiger partial charge is 0.340 e. The van der Waals surface area contributed by atoms with Gasteiger partial charge in [-0.15, -0.1) is 11.3 Å². The molecule has 144 valence electrons. The molecule has 0 fully saturated rings. The molecular formula is C21H19FN2O2S2. The molecule has 4 nitrogen and oxygen atoms in total. The van der Waals surface area contributed by atoms with Gasteiger partial charge >= 0.3 is 5.97 Å². The van der Waals surface area contributed by atoms with Gasteiger partial charge in [0.05, 0.1) is 12.7 Å². The van der Waals surface area contributed by atoms with E-state index in [2.05, 4.69) is 10.6 Å². The van der Waals surface area contributed by atoms with Crippen LogP contribution in [0.25, 0.3) is 10.4 Å². The van der Waals surface area contributed by atoms with Crippen LogP contribution in [0.4, 0.5) is 9.39 Å². The molecule has 2 aromatic carbocycles. The summed E-state index contributed by atoms with van der Waals surface area (Å²) in [5, 5.41) is 7.24. The van der Waals surface area contributed by atoms with E-state index in [0.29, 0.717) is 28.6 Å². The molecule has 0 atom stereocenters. The lowest BCUT2D eigenvalue weighted by Gasteiger charge is -2.10. The second kappa shape index (κ2) is 9.43. The van der Waals surface area contributed by atoms with Gasteiger partial charge in [-0.3, -0.25) is 0 Å². The quantitative estimate of drug-likeness (QED) is 0.445. The van der Waals surface area contributed by atoms with Crippen LogP contribution in [-0.4, -0.2) is 24.7 Å². The van der Waals surface area contributed by atoms with E-state index in [4.69, 9.17) is 17.0 Å². The van der Waals surface area contributed by atoms with E-state index in [1.165, 1.54) is 30.6 Å². The summed E-state index contributed by atoms with van der Waals surface area (Å²) < 4.78 is 17.8. The van der Waals surface area contributed by atoms with Gasteiger partial charge < -0.3 is 15.4 Å². The number of esters is 1. The van der Waals surface area contributed by atoms with Gasteiger partial charge in [0.2, 0.25) is 0 Å². The van der Waals surface area contributed by atoms with E-state index in [1.54, 1.807) is 18.2 Å². The van der Waals surface area contributed by atoms with Crippen molar-refractivity contribution in [1.82, 2.24) is 5.32 Å². The van der Waals surface area contributed by atoms with Crippen molar-refractivity contribution in [3.05, 3.63) is 77.6 Å². The molecule has 0 unspecified atom stereocenters. The topological polar surface area (TPSA) is 50.4 Å². The average molecular weight is 415 g/mol. The highest BCUT2D eigenvalue weighted by atomic mass is 32.1. The molecule has 28 heavy (non-hydrogen) atoms. The van der Waals surface area contributed by atoms with Crippen LogP contribution in [0.15, 0.2) is 60.7 Å². The number of anilines is 1. The van der Waals surface area contributed by atoms with Crippen LogP contribution in [0.1, 0.15) is 15.9 Å². The van der Waals surface area contributed by atoms with Crippen molar-refractivity contribution in [3.63, 3.8) is 0 Å². The molecule has 0 saturated carbocycles. The molecule has 0 spiro atoms. The first-order valence-electron chi connectivity index (χ1n) is 8.63. The molecule has 0 bridgehead atoms. The van der Waals surface area contributed by atoms with Crippen molar-refractivity contribution in [2.75, 3.05) is 19.0 Å². The van der Waals surface area contributed by atoms with Crippen molar-refractivity contribution < 1.29 is 13.9 Å². The van der Waals surface area contributed by atoms with E-state index >= 15 is 0 Å². The van der Waals surface area contributed by atoms with Crippen LogP contribution in [0, 0.1) is 5.82 Å². The Balaban J connectivity index is 1.66. The van der Waals surface area contributed by atoms with Gasteiger partial charge in [0.25, 0.3) is 0 Å². The van der Waals surface area contributed by atoms with E-state index in [-0.39, 0.29) is 5.82 Å². The van der Waals surface area contributed by atoms with Gasteiger partial charge in [0.15, 0.2) is 5.11 Å². The Bertz CT molecular complexity index is 956. The molecule has 1 heterocycles. The molecule has 0 aliphatic heterocycles. The summed E-state index contributed by atoms with van der Waals surface area (Å²) in [7, 11) is 1.35.